The number of anilines is 1. The van der Waals surface area contributed by atoms with Gasteiger partial charge in [0.05, 0.1) is 4.47 Å². The molecule has 0 bridgehead atoms. The van der Waals surface area contributed by atoms with Crippen molar-refractivity contribution < 1.29 is 13.5 Å². The van der Waals surface area contributed by atoms with Gasteiger partial charge in [-0.15, -0.1) is 0 Å². The standard InChI is InChI=1S/C13H10BrF2NO/c14-9-6-10(13(17)12(16)11(9)15)18-7-8-4-2-1-3-5-8/h1-6H,7,17H2. The van der Waals surface area contributed by atoms with Crippen molar-refractivity contribution in [2.75, 3.05) is 5.73 Å². The Morgan fingerprint density at radius 2 is 1.78 bits per heavy atom. The summed E-state index contributed by atoms with van der Waals surface area (Å²) in [5, 5.41) is 0. The maximum Gasteiger partial charge on any atom is 0.186 e. The van der Waals surface area contributed by atoms with Gasteiger partial charge in [0.1, 0.15) is 18.0 Å². The van der Waals surface area contributed by atoms with Crippen molar-refractivity contribution in [1.82, 2.24) is 0 Å². The van der Waals surface area contributed by atoms with Crippen molar-refractivity contribution in [1.29, 1.82) is 0 Å². The molecule has 18 heavy (non-hydrogen) atoms. The summed E-state index contributed by atoms with van der Waals surface area (Å²) in [5.74, 6) is -2.00. The van der Waals surface area contributed by atoms with E-state index in [9.17, 15) is 8.78 Å². The molecule has 0 aliphatic rings. The molecule has 2 nitrogen and oxygen atoms in total. The summed E-state index contributed by atoms with van der Waals surface area (Å²) in [4.78, 5) is 0. The summed E-state index contributed by atoms with van der Waals surface area (Å²) in [6, 6.07) is 10.7. The number of hydrogen-bond acceptors (Lipinski definition) is 2. The fraction of sp³-hybridized carbons (Fsp3) is 0.0769. The van der Waals surface area contributed by atoms with Crippen LogP contribution < -0.4 is 10.5 Å². The minimum absolute atomic E-state index is 0.0164. The quantitative estimate of drug-likeness (QED) is 0.689. The maximum atomic E-state index is 13.4. The molecule has 0 saturated carbocycles. The number of nitrogen functional groups attached to an aromatic ring is 1. The highest BCUT2D eigenvalue weighted by Gasteiger charge is 2.15. The van der Waals surface area contributed by atoms with Gasteiger partial charge in [0.15, 0.2) is 11.6 Å². The predicted molar refractivity (Wildman–Crippen MR) is 69.2 cm³/mol. The van der Waals surface area contributed by atoms with Crippen LogP contribution in [0.3, 0.4) is 0 Å². The number of nitrogens with two attached hydrogens (primary N) is 1. The molecule has 0 saturated heterocycles. The molecular formula is C13H10BrF2NO. The Labute approximate surface area is 112 Å². The molecule has 0 radical (unpaired) electrons. The van der Waals surface area contributed by atoms with Gasteiger partial charge in [-0.05, 0) is 27.6 Å². The third-order valence-corrected chi connectivity index (χ3v) is 2.98. The third-order valence-electron chi connectivity index (χ3n) is 2.40. The van der Waals surface area contributed by atoms with Crippen molar-refractivity contribution in [2.24, 2.45) is 0 Å². The van der Waals surface area contributed by atoms with E-state index in [0.29, 0.717) is 0 Å². The first kappa shape index (κ1) is 12.8. The molecule has 0 spiro atoms. The van der Waals surface area contributed by atoms with Gasteiger partial charge in [-0.25, -0.2) is 8.78 Å². The zero-order chi connectivity index (χ0) is 13.1. The second-order valence-corrected chi connectivity index (χ2v) is 4.53. The van der Waals surface area contributed by atoms with Crippen LogP contribution in [0, 0.1) is 11.6 Å². The summed E-state index contributed by atoms with van der Waals surface area (Å²) >= 11 is 2.91. The Balaban J connectivity index is 2.20. The van der Waals surface area contributed by atoms with E-state index in [1.165, 1.54) is 6.07 Å². The van der Waals surface area contributed by atoms with Gasteiger partial charge >= 0.3 is 0 Å². The molecule has 5 heteroatoms. The summed E-state index contributed by atoms with van der Waals surface area (Å²) < 4.78 is 31.9. The van der Waals surface area contributed by atoms with Crippen LogP contribution in [0.1, 0.15) is 5.56 Å². The SMILES string of the molecule is Nc1c(OCc2ccccc2)cc(Br)c(F)c1F. The molecular weight excluding hydrogens is 304 g/mol. The summed E-state index contributed by atoms with van der Waals surface area (Å²) in [6.07, 6.45) is 0. The smallest absolute Gasteiger partial charge is 0.186 e. The van der Waals surface area contributed by atoms with E-state index in [1.54, 1.807) is 0 Å². The van der Waals surface area contributed by atoms with E-state index in [-0.39, 0.29) is 22.5 Å². The number of benzene rings is 2. The van der Waals surface area contributed by atoms with Crippen LogP contribution in [0.2, 0.25) is 0 Å². The van der Waals surface area contributed by atoms with Gasteiger partial charge in [-0.2, -0.15) is 0 Å². The van der Waals surface area contributed by atoms with Crippen molar-refractivity contribution >= 4 is 21.6 Å². The second-order valence-electron chi connectivity index (χ2n) is 3.67. The second kappa shape index (κ2) is 5.35. The van der Waals surface area contributed by atoms with Gasteiger partial charge in [-0.1, -0.05) is 30.3 Å². The number of hydrogen-bond donors (Lipinski definition) is 1. The largest absolute Gasteiger partial charge is 0.487 e. The van der Waals surface area contributed by atoms with E-state index in [0.717, 1.165) is 5.56 Å². The van der Waals surface area contributed by atoms with Crippen LogP contribution in [0.5, 0.6) is 5.75 Å². The highest BCUT2D eigenvalue weighted by atomic mass is 79.9. The molecule has 0 fully saturated rings. The first-order chi connectivity index (χ1) is 8.59. The molecule has 2 rings (SSSR count). The molecule has 94 valence electrons. The van der Waals surface area contributed by atoms with Gasteiger partial charge in [-0.3, -0.25) is 0 Å². The fourth-order valence-corrected chi connectivity index (χ4v) is 1.82. The lowest BCUT2D eigenvalue weighted by atomic mass is 10.2. The van der Waals surface area contributed by atoms with Crippen LogP contribution in [0.15, 0.2) is 40.9 Å². The lowest BCUT2D eigenvalue weighted by Crippen LogP contribution is -2.02. The lowest BCUT2D eigenvalue weighted by molar-refractivity contribution is 0.305. The summed E-state index contributed by atoms with van der Waals surface area (Å²) in [5.41, 5.74) is 6.04. The molecule has 2 N–H and O–H groups in total. The van der Waals surface area contributed by atoms with Crippen LogP contribution in [-0.4, -0.2) is 0 Å². The minimum Gasteiger partial charge on any atom is -0.487 e. The molecule has 0 unspecified atom stereocenters. The third kappa shape index (κ3) is 2.61. The molecule has 2 aromatic rings. The molecule has 0 aromatic heterocycles. The number of ether oxygens (including phenoxy) is 1. The van der Waals surface area contributed by atoms with E-state index in [1.807, 2.05) is 30.3 Å². The van der Waals surface area contributed by atoms with Crippen molar-refractivity contribution in [3.63, 3.8) is 0 Å². The van der Waals surface area contributed by atoms with E-state index in [4.69, 9.17) is 10.5 Å². The van der Waals surface area contributed by atoms with Gasteiger partial charge in [0.25, 0.3) is 0 Å². The maximum absolute atomic E-state index is 13.4. The topological polar surface area (TPSA) is 35.2 Å². The Kier molecular flexibility index (Phi) is 3.81. The van der Waals surface area contributed by atoms with Crippen molar-refractivity contribution in [3.8, 4) is 5.75 Å². The molecule has 0 aliphatic carbocycles. The normalized spacial score (nSPS) is 10.4. The van der Waals surface area contributed by atoms with Crippen molar-refractivity contribution in [2.45, 2.75) is 6.61 Å². The highest BCUT2D eigenvalue weighted by molar-refractivity contribution is 9.10. The van der Waals surface area contributed by atoms with Crippen LogP contribution >= 0.6 is 15.9 Å². The molecule has 0 atom stereocenters. The molecule has 0 heterocycles. The first-order valence-electron chi connectivity index (χ1n) is 5.19. The number of rotatable bonds is 3. The molecule has 0 amide bonds. The lowest BCUT2D eigenvalue weighted by Gasteiger charge is -2.11. The van der Waals surface area contributed by atoms with Crippen LogP contribution in [0.25, 0.3) is 0 Å². The Morgan fingerprint density at radius 3 is 2.44 bits per heavy atom. The predicted octanol–water partition coefficient (Wildman–Crippen LogP) is 3.89. The summed E-state index contributed by atoms with van der Waals surface area (Å²) in [7, 11) is 0. The van der Waals surface area contributed by atoms with Gasteiger partial charge in [0.2, 0.25) is 0 Å². The zero-order valence-corrected chi connectivity index (χ0v) is 10.9. The first-order valence-corrected chi connectivity index (χ1v) is 5.98. The number of halogens is 3. The molecule has 2 aromatic carbocycles. The Hall–Kier alpha value is -1.62. The van der Waals surface area contributed by atoms with E-state index in [2.05, 4.69) is 15.9 Å². The molecule has 0 aliphatic heterocycles. The van der Waals surface area contributed by atoms with Gasteiger partial charge in [0, 0.05) is 0 Å². The monoisotopic (exact) mass is 313 g/mol. The Bertz CT molecular complexity index is 561. The van der Waals surface area contributed by atoms with E-state index >= 15 is 0 Å². The highest BCUT2D eigenvalue weighted by Crippen LogP contribution is 2.32. The minimum atomic E-state index is -1.10. The van der Waals surface area contributed by atoms with E-state index < -0.39 is 11.6 Å². The van der Waals surface area contributed by atoms with Crippen LogP contribution in [-0.2, 0) is 6.61 Å². The Morgan fingerprint density at radius 1 is 1.11 bits per heavy atom. The average molecular weight is 314 g/mol. The summed E-state index contributed by atoms with van der Waals surface area (Å²) in [6.45, 7) is 0.239. The van der Waals surface area contributed by atoms with Gasteiger partial charge < -0.3 is 10.5 Å². The average Bonchev–Trinajstić information content (AvgIpc) is 2.40. The zero-order valence-electron chi connectivity index (χ0n) is 9.29. The van der Waals surface area contributed by atoms with Crippen molar-refractivity contribution in [3.05, 3.63) is 58.1 Å². The van der Waals surface area contributed by atoms with Crippen LogP contribution in [0.4, 0.5) is 14.5 Å². The fourth-order valence-electron chi connectivity index (χ4n) is 1.44.